The average Bonchev–Trinajstić information content (AvgIpc) is 3.17. The van der Waals surface area contributed by atoms with Gasteiger partial charge in [-0.05, 0) is 37.1 Å². The molecule has 6 nitrogen and oxygen atoms in total. The number of rotatable bonds is 3. The number of carbonyl (C=O) groups is 2. The molecule has 0 aromatic heterocycles. The molecular formula is C19H26N4O2. The van der Waals surface area contributed by atoms with Gasteiger partial charge in [0.05, 0.1) is 5.92 Å². The summed E-state index contributed by atoms with van der Waals surface area (Å²) in [6.45, 7) is 6.60. The minimum absolute atomic E-state index is 0.159. The van der Waals surface area contributed by atoms with E-state index in [1.165, 1.54) is 12.1 Å². The van der Waals surface area contributed by atoms with E-state index in [1.807, 2.05) is 12.1 Å². The van der Waals surface area contributed by atoms with Gasteiger partial charge < -0.3 is 10.2 Å². The van der Waals surface area contributed by atoms with E-state index in [2.05, 4.69) is 32.6 Å². The van der Waals surface area contributed by atoms with Crippen molar-refractivity contribution >= 4 is 17.5 Å². The van der Waals surface area contributed by atoms with E-state index >= 15 is 0 Å². The lowest BCUT2D eigenvalue weighted by Crippen LogP contribution is -2.51. The summed E-state index contributed by atoms with van der Waals surface area (Å²) in [6, 6.07) is 9.03. The van der Waals surface area contributed by atoms with E-state index in [4.69, 9.17) is 0 Å². The Bertz CT molecular complexity index is 631. The molecule has 2 N–H and O–H groups in total. The monoisotopic (exact) mass is 342 g/mol. The van der Waals surface area contributed by atoms with Gasteiger partial charge in [0, 0.05) is 50.9 Å². The van der Waals surface area contributed by atoms with Gasteiger partial charge in [0.25, 0.3) is 0 Å². The topological polar surface area (TPSA) is 64.7 Å². The third kappa shape index (κ3) is 3.55. The van der Waals surface area contributed by atoms with Crippen LogP contribution in [0.3, 0.4) is 0 Å². The van der Waals surface area contributed by atoms with Crippen LogP contribution in [0.1, 0.15) is 30.7 Å². The molecule has 2 atom stereocenters. The summed E-state index contributed by atoms with van der Waals surface area (Å²) in [7, 11) is 0. The Morgan fingerprint density at radius 3 is 2.36 bits per heavy atom. The van der Waals surface area contributed by atoms with E-state index in [1.54, 1.807) is 0 Å². The van der Waals surface area contributed by atoms with Crippen molar-refractivity contribution in [3.63, 3.8) is 0 Å². The SMILES string of the molecule is O=C1CCC(c2ccc(N3CCN(C4CCNC4)CC3)cc2)C(=O)N1. The summed E-state index contributed by atoms with van der Waals surface area (Å²) in [5, 5.41) is 5.89. The number of benzene rings is 1. The molecule has 3 aliphatic rings. The summed E-state index contributed by atoms with van der Waals surface area (Å²) in [5.41, 5.74) is 2.23. The van der Waals surface area contributed by atoms with Crippen molar-refractivity contribution in [2.24, 2.45) is 0 Å². The molecule has 0 spiro atoms. The lowest BCUT2D eigenvalue weighted by atomic mass is 9.90. The Hall–Kier alpha value is -1.92. The molecule has 3 saturated heterocycles. The molecule has 0 bridgehead atoms. The van der Waals surface area contributed by atoms with Crippen molar-refractivity contribution in [3.8, 4) is 0 Å². The van der Waals surface area contributed by atoms with E-state index in [0.29, 0.717) is 18.9 Å². The number of piperazine rings is 1. The van der Waals surface area contributed by atoms with E-state index < -0.39 is 0 Å². The molecule has 2 unspecified atom stereocenters. The largest absolute Gasteiger partial charge is 0.369 e. The standard InChI is InChI=1S/C19H26N4O2/c24-18-6-5-17(19(25)21-18)14-1-3-15(4-2-14)22-9-11-23(12-10-22)16-7-8-20-13-16/h1-4,16-17,20H,5-13H2,(H,21,24,25). The number of hydrogen-bond acceptors (Lipinski definition) is 5. The summed E-state index contributed by atoms with van der Waals surface area (Å²) in [6.07, 6.45) is 2.30. The Kier molecular flexibility index (Phi) is 4.72. The van der Waals surface area contributed by atoms with Gasteiger partial charge in [-0.2, -0.15) is 0 Å². The van der Waals surface area contributed by atoms with Crippen molar-refractivity contribution < 1.29 is 9.59 Å². The maximum Gasteiger partial charge on any atom is 0.234 e. The zero-order valence-corrected chi connectivity index (χ0v) is 14.5. The van der Waals surface area contributed by atoms with Crippen molar-refractivity contribution in [3.05, 3.63) is 29.8 Å². The first-order chi connectivity index (χ1) is 12.2. The zero-order valence-electron chi connectivity index (χ0n) is 14.5. The summed E-state index contributed by atoms with van der Waals surface area (Å²) in [4.78, 5) is 28.3. The predicted octanol–water partition coefficient (Wildman–Crippen LogP) is 0.691. The first kappa shape index (κ1) is 16.5. The highest BCUT2D eigenvalue weighted by Crippen LogP contribution is 2.27. The van der Waals surface area contributed by atoms with Crippen LogP contribution >= 0.6 is 0 Å². The molecule has 1 aromatic rings. The van der Waals surface area contributed by atoms with Crippen molar-refractivity contribution in [1.82, 2.24) is 15.5 Å². The summed E-state index contributed by atoms with van der Waals surface area (Å²) >= 11 is 0. The van der Waals surface area contributed by atoms with Gasteiger partial charge in [-0.1, -0.05) is 12.1 Å². The van der Waals surface area contributed by atoms with Crippen LogP contribution in [0.15, 0.2) is 24.3 Å². The van der Waals surface area contributed by atoms with Crippen LogP contribution in [0.4, 0.5) is 5.69 Å². The van der Waals surface area contributed by atoms with Crippen LogP contribution in [-0.2, 0) is 9.59 Å². The second-order valence-corrected chi connectivity index (χ2v) is 7.26. The number of anilines is 1. The van der Waals surface area contributed by atoms with Crippen LogP contribution in [-0.4, -0.2) is 62.0 Å². The number of amides is 2. The van der Waals surface area contributed by atoms with E-state index in [9.17, 15) is 9.59 Å². The van der Waals surface area contributed by atoms with Gasteiger partial charge >= 0.3 is 0 Å². The third-order valence-electron chi connectivity index (χ3n) is 5.76. The minimum atomic E-state index is -0.196. The van der Waals surface area contributed by atoms with Gasteiger partial charge in [0.2, 0.25) is 11.8 Å². The van der Waals surface area contributed by atoms with E-state index in [0.717, 1.165) is 44.8 Å². The fourth-order valence-corrected chi connectivity index (χ4v) is 4.23. The Morgan fingerprint density at radius 1 is 0.960 bits per heavy atom. The molecule has 3 fully saturated rings. The predicted molar refractivity (Wildman–Crippen MR) is 96.6 cm³/mol. The zero-order chi connectivity index (χ0) is 17.2. The smallest absolute Gasteiger partial charge is 0.234 e. The van der Waals surface area contributed by atoms with Crippen LogP contribution < -0.4 is 15.5 Å². The molecule has 1 aromatic carbocycles. The molecule has 3 aliphatic heterocycles. The number of piperidine rings is 1. The quantitative estimate of drug-likeness (QED) is 0.792. The van der Waals surface area contributed by atoms with Crippen molar-refractivity contribution in [2.45, 2.75) is 31.2 Å². The first-order valence-electron chi connectivity index (χ1n) is 9.34. The fourth-order valence-electron chi connectivity index (χ4n) is 4.23. The molecule has 2 amide bonds. The highest BCUT2D eigenvalue weighted by molar-refractivity contribution is 6.00. The van der Waals surface area contributed by atoms with Gasteiger partial charge in [0.1, 0.15) is 0 Å². The second kappa shape index (κ2) is 7.14. The van der Waals surface area contributed by atoms with Gasteiger partial charge in [-0.25, -0.2) is 0 Å². The highest BCUT2D eigenvalue weighted by Gasteiger charge is 2.29. The van der Waals surface area contributed by atoms with Crippen LogP contribution in [0.25, 0.3) is 0 Å². The van der Waals surface area contributed by atoms with Crippen LogP contribution in [0.5, 0.6) is 0 Å². The number of nitrogens with zero attached hydrogens (tertiary/aromatic N) is 2. The molecule has 0 aliphatic carbocycles. The molecule has 25 heavy (non-hydrogen) atoms. The Morgan fingerprint density at radius 2 is 1.72 bits per heavy atom. The van der Waals surface area contributed by atoms with Crippen LogP contribution in [0.2, 0.25) is 0 Å². The molecule has 0 radical (unpaired) electrons. The summed E-state index contributed by atoms with van der Waals surface area (Å²) < 4.78 is 0. The Balaban J connectivity index is 1.36. The first-order valence-corrected chi connectivity index (χ1v) is 9.34. The average molecular weight is 342 g/mol. The minimum Gasteiger partial charge on any atom is -0.369 e. The molecule has 0 saturated carbocycles. The fraction of sp³-hybridized carbons (Fsp3) is 0.579. The number of carbonyl (C=O) groups excluding carboxylic acids is 2. The third-order valence-corrected chi connectivity index (χ3v) is 5.76. The number of hydrogen-bond donors (Lipinski definition) is 2. The Labute approximate surface area is 148 Å². The van der Waals surface area contributed by atoms with E-state index in [-0.39, 0.29) is 17.7 Å². The lowest BCUT2D eigenvalue weighted by Gasteiger charge is -2.39. The van der Waals surface area contributed by atoms with Crippen molar-refractivity contribution in [1.29, 1.82) is 0 Å². The molecular weight excluding hydrogens is 316 g/mol. The molecule has 4 rings (SSSR count). The van der Waals surface area contributed by atoms with Crippen LogP contribution in [0, 0.1) is 0 Å². The lowest BCUT2D eigenvalue weighted by molar-refractivity contribution is -0.134. The number of nitrogens with one attached hydrogen (secondary N) is 2. The van der Waals surface area contributed by atoms with Gasteiger partial charge in [0.15, 0.2) is 0 Å². The highest BCUT2D eigenvalue weighted by atomic mass is 16.2. The maximum atomic E-state index is 12.0. The van der Waals surface area contributed by atoms with Gasteiger partial charge in [-0.3, -0.25) is 19.8 Å². The van der Waals surface area contributed by atoms with Gasteiger partial charge in [-0.15, -0.1) is 0 Å². The second-order valence-electron chi connectivity index (χ2n) is 7.26. The molecule has 134 valence electrons. The van der Waals surface area contributed by atoms with Crippen molar-refractivity contribution in [2.75, 3.05) is 44.2 Å². The number of imide groups is 1. The maximum absolute atomic E-state index is 12.0. The molecule has 6 heteroatoms. The normalized spacial score (nSPS) is 28.2. The molecule has 3 heterocycles. The summed E-state index contributed by atoms with van der Waals surface area (Å²) in [5.74, 6) is -0.519.